The number of halogens is 1. The van der Waals surface area contributed by atoms with Gasteiger partial charge >= 0.3 is 0 Å². The lowest BCUT2D eigenvalue weighted by Crippen LogP contribution is -3.00. The summed E-state index contributed by atoms with van der Waals surface area (Å²) in [4.78, 5) is 12.6. The average Bonchev–Trinajstić information content (AvgIpc) is 3.45. The van der Waals surface area contributed by atoms with Gasteiger partial charge in [-0.15, -0.1) is 0 Å². The summed E-state index contributed by atoms with van der Waals surface area (Å²) >= 11 is 1.64. The molecular weight excluding hydrogens is 572 g/mol. The van der Waals surface area contributed by atoms with E-state index in [-0.39, 0.29) is 29.5 Å². The molecular formula is C32H45BrN2O3S. The van der Waals surface area contributed by atoms with Gasteiger partial charge in [0, 0.05) is 11.6 Å². The van der Waals surface area contributed by atoms with E-state index in [1.165, 1.54) is 70.6 Å². The Kier molecular flexibility index (Phi) is 17.3. The molecule has 0 saturated carbocycles. The van der Waals surface area contributed by atoms with Gasteiger partial charge < -0.3 is 31.8 Å². The van der Waals surface area contributed by atoms with Crippen molar-refractivity contribution >= 4 is 22.9 Å². The fourth-order valence-corrected chi connectivity index (χ4v) is 5.05. The van der Waals surface area contributed by atoms with Crippen molar-refractivity contribution in [2.75, 3.05) is 18.5 Å². The molecule has 0 spiro atoms. The summed E-state index contributed by atoms with van der Waals surface area (Å²) in [5.74, 6) is 1.23. The summed E-state index contributed by atoms with van der Waals surface area (Å²) in [6.45, 7) is 3.64. The highest BCUT2D eigenvalue weighted by Crippen LogP contribution is 2.21. The number of carbonyl (C=O) groups is 1. The molecule has 1 aromatic heterocycles. The first-order valence-corrected chi connectivity index (χ1v) is 15.3. The first-order valence-electron chi connectivity index (χ1n) is 14.4. The number of unbranched alkanes of at least 4 members (excludes halogenated alkanes) is 11. The Balaban J connectivity index is 0.00000533. The predicted octanol–water partition coefficient (Wildman–Crippen LogP) is 5.19. The third-order valence-electron chi connectivity index (χ3n) is 6.61. The van der Waals surface area contributed by atoms with E-state index in [9.17, 15) is 4.79 Å². The SMILES string of the molecule is CCCCCCCCCCCCCCOc1cccc(OCC(=O)Nc2ccccc2C[n+]2ccsc2)c1.[Br-]. The van der Waals surface area contributed by atoms with Crippen molar-refractivity contribution in [3.8, 4) is 11.5 Å². The molecule has 7 heteroatoms. The third kappa shape index (κ3) is 14.0. The molecule has 2 aromatic carbocycles. The van der Waals surface area contributed by atoms with Crippen LogP contribution in [0.15, 0.2) is 65.6 Å². The van der Waals surface area contributed by atoms with E-state index in [0.29, 0.717) is 18.9 Å². The number of anilines is 1. The first-order chi connectivity index (χ1) is 18.7. The second-order valence-electron chi connectivity index (χ2n) is 9.91. The smallest absolute Gasteiger partial charge is 0.262 e. The number of rotatable bonds is 20. The number of hydrogen-bond acceptors (Lipinski definition) is 4. The van der Waals surface area contributed by atoms with Crippen molar-refractivity contribution in [2.45, 2.75) is 90.5 Å². The predicted molar refractivity (Wildman–Crippen MR) is 157 cm³/mol. The van der Waals surface area contributed by atoms with Crippen molar-refractivity contribution in [3.63, 3.8) is 0 Å². The summed E-state index contributed by atoms with van der Waals surface area (Å²) < 4.78 is 13.8. The highest BCUT2D eigenvalue weighted by Gasteiger charge is 2.11. The highest BCUT2D eigenvalue weighted by molar-refractivity contribution is 7.07. The molecule has 214 valence electrons. The van der Waals surface area contributed by atoms with Crippen LogP contribution in [0.1, 0.15) is 89.5 Å². The van der Waals surface area contributed by atoms with Crippen LogP contribution in [0.5, 0.6) is 11.5 Å². The van der Waals surface area contributed by atoms with Crippen LogP contribution >= 0.6 is 11.3 Å². The molecule has 0 aliphatic heterocycles. The summed E-state index contributed by atoms with van der Waals surface area (Å²) in [6, 6.07) is 15.4. The Labute approximate surface area is 249 Å². The van der Waals surface area contributed by atoms with Crippen LogP contribution in [-0.2, 0) is 11.3 Å². The Hall–Kier alpha value is -2.38. The average molecular weight is 618 g/mol. The normalized spacial score (nSPS) is 10.6. The van der Waals surface area contributed by atoms with Gasteiger partial charge in [0.25, 0.3) is 5.91 Å². The molecule has 0 saturated heterocycles. The van der Waals surface area contributed by atoms with Crippen LogP contribution in [0.4, 0.5) is 5.69 Å². The Bertz CT molecular complexity index is 1050. The number of para-hydroxylation sites is 1. The number of ether oxygens (including phenoxy) is 2. The van der Waals surface area contributed by atoms with E-state index < -0.39 is 0 Å². The van der Waals surface area contributed by atoms with Crippen molar-refractivity contribution in [1.29, 1.82) is 0 Å². The highest BCUT2D eigenvalue weighted by atomic mass is 79.9. The molecule has 0 unspecified atom stereocenters. The van der Waals surface area contributed by atoms with E-state index in [1.54, 1.807) is 11.3 Å². The van der Waals surface area contributed by atoms with Crippen LogP contribution in [0.2, 0.25) is 0 Å². The van der Waals surface area contributed by atoms with Crippen molar-refractivity contribution in [3.05, 3.63) is 71.2 Å². The van der Waals surface area contributed by atoms with Gasteiger partial charge in [-0.2, -0.15) is 4.57 Å². The lowest BCUT2D eigenvalue weighted by Gasteiger charge is -2.11. The number of carbonyl (C=O) groups excluding carboxylic acids is 1. The summed E-state index contributed by atoms with van der Waals surface area (Å²) in [7, 11) is 0. The molecule has 39 heavy (non-hydrogen) atoms. The van der Waals surface area contributed by atoms with Gasteiger partial charge in [0.2, 0.25) is 5.51 Å². The van der Waals surface area contributed by atoms with Crippen molar-refractivity contribution in [2.24, 2.45) is 0 Å². The monoisotopic (exact) mass is 616 g/mol. The number of hydrogen-bond donors (Lipinski definition) is 1. The van der Waals surface area contributed by atoms with Crippen LogP contribution < -0.4 is 36.3 Å². The minimum absolute atomic E-state index is 0. The van der Waals surface area contributed by atoms with Crippen LogP contribution in [0.25, 0.3) is 0 Å². The van der Waals surface area contributed by atoms with E-state index >= 15 is 0 Å². The molecule has 1 N–H and O–H groups in total. The maximum absolute atomic E-state index is 12.6. The molecule has 1 heterocycles. The fourth-order valence-electron chi connectivity index (χ4n) is 4.45. The molecule has 1 amide bonds. The second-order valence-corrected chi connectivity index (χ2v) is 10.7. The molecule has 5 nitrogen and oxygen atoms in total. The minimum Gasteiger partial charge on any atom is -1.00 e. The van der Waals surface area contributed by atoms with E-state index in [1.807, 2.05) is 60.1 Å². The van der Waals surface area contributed by atoms with Gasteiger partial charge in [0.05, 0.1) is 17.7 Å². The zero-order valence-electron chi connectivity index (χ0n) is 23.4. The molecule has 0 atom stereocenters. The maximum Gasteiger partial charge on any atom is 0.262 e. The van der Waals surface area contributed by atoms with Gasteiger partial charge in [0.15, 0.2) is 19.3 Å². The van der Waals surface area contributed by atoms with E-state index in [0.717, 1.165) is 23.4 Å². The standard InChI is InChI=1S/C32H44N2O3S.BrH/c1-2-3-4-5-6-7-8-9-10-11-12-15-22-36-29-18-16-19-30(24-29)37-26-32(35)33-31-20-14-13-17-28(31)25-34-21-23-38-27-34;/h13-14,16-21,23-24,27H,2-12,15,22,25-26H2,1H3;1H. The van der Waals surface area contributed by atoms with E-state index in [2.05, 4.69) is 22.3 Å². The fraction of sp³-hybridized carbons (Fsp3) is 0.500. The molecule has 0 bridgehead atoms. The molecule has 3 rings (SSSR count). The van der Waals surface area contributed by atoms with Crippen molar-refractivity contribution < 1.29 is 35.8 Å². The topological polar surface area (TPSA) is 51.4 Å². The molecule has 0 radical (unpaired) electrons. The zero-order valence-corrected chi connectivity index (χ0v) is 25.8. The summed E-state index contributed by atoms with van der Waals surface area (Å²) in [6.07, 6.45) is 18.0. The van der Waals surface area contributed by atoms with Crippen LogP contribution in [-0.4, -0.2) is 19.1 Å². The summed E-state index contributed by atoms with van der Waals surface area (Å²) in [5, 5.41) is 5.02. The third-order valence-corrected chi connectivity index (χ3v) is 7.28. The van der Waals surface area contributed by atoms with Gasteiger partial charge in [-0.25, -0.2) is 0 Å². The maximum atomic E-state index is 12.6. The number of benzene rings is 2. The zero-order chi connectivity index (χ0) is 26.7. The van der Waals surface area contributed by atoms with Crippen LogP contribution in [0.3, 0.4) is 0 Å². The minimum atomic E-state index is -0.185. The first kappa shape index (κ1) is 32.8. The van der Waals surface area contributed by atoms with Crippen LogP contribution in [0, 0.1) is 0 Å². The number of nitrogens with zero attached hydrogens (tertiary/aromatic N) is 1. The summed E-state index contributed by atoms with van der Waals surface area (Å²) in [5.41, 5.74) is 3.91. The Morgan fingerprint density at radius 1 is 0.821 bits per heavy atom. The Morgan fingerprint density at radius 3 is 2.13 bits per heavy atom. The lowest BCUT2D eigenvalue weighted by molar-refractivity contribution is -0.683. The lowest BCUT2D eigenvalue weighted by atomic mass is 10.1. The molecule has 0 aliphatic carbocycles. The number of aromatic nitrogens is 1. The number of amides is 1. The van der Waals surface area contributed by atoms with Gasteiger partial charge in [-0.3, -0.25) is 4.79 Å². The molecule has 0 aliphatic rings. The van der Waals surface area contributed by atoms with Crippen molar-refractivity contribution in [1.82, 2.24) is 0 Å². The number of thiazole rings is 1. The van der Waals surface area contributed by atoms with Gasteiger partial charge in [-0.05, 0) is 24.6 Å². The van der Waals surface area contributed by atoms with E-state index in [4.69, 9.17) is 9.47 Å². The Morgan fingerprint density at radius 2 is 1.46 bits per heavy atom. The quantitative estimate of drug-likeness (QED) is 0.140. The molecule has 3 aromatic rings. The van der Waals surface area contributed by atoms with Gasteiger partial charge in [0.1, 0.15) is 11.5 Å². The number of nitrogens with one attached hydrogen (secondary N) is 1. The molecule has 0 fully saturated rings. The van der Waals surface area contributed by atoms with Gasteiger partial charge in [-0.1, -0.05) is 113 Å². The second kappa shape index (κ2) is 20.5. The largest absolute Gasteiger partial charge is 1.00 e.